The molecule has 0 aromatic heterocycles. The summed E-state index contributed by atoms with van der Waals surface area (Å²) in [5, 5.41) is 2.74. The third-order valence-electron chi connectivity index (χ3n) is 4.19. The average Bonchev–Trinajstić information content (AvgIpc) is 2.75. The second kappa shape index (κ2) is 11.5. The zero-order valence-corrected chi connectivity index (χ0v) is 17.1. The van der Waals surface area contributed by atoms with Crippen molar-refractivity contribution >= 4 is 23.6 Å². The summed E-state index contributed by atoms with van der Waals surface area (Å²) in [4.78, 5) is 23.6. The van der Waals surface area contributed by atoms with Crippen molar-refractivity contribution in [2.45, 2.75) is 26.2 Å². The molecule has 154 valence electrons. The fourth-order valence-electron chi connectivity index (χ4n) is 2.60. The van der Waals surface area contributed by atoms with Gasteiger partial charge in [0.15, 0.2) is 11.5 Å². The van der Waals surface area contributed by atoms with E-state index in [0.29, 0.717) is 29.4 Å². The van der Waals surface area contributed by atoms with Crippen molar-refractivity contribution in [2.75, 3.05) is 26.1 Å². The summed E-state index contributed by atoms with van der Waals surface area (Å²) in [6, 6.07) is 12.0. The molecule has 0 atom stereocenters. The van der Waals surface area contributed by atoms with Gasteiger partial charge in [-0.05, 0) is 54.5 Å². The van der Waals surface area contributed by atoms with E-state index in [0.717, 1.165) is 24.8 Å². The van der Waals surface area contributed by atoms with Crippen LogP contribution in [0.25, 0.3) is 6.08 Å². The summed E-state index contributed by atoms with van der Waals surface area (Å²) < 4.78 is 15.8. The first-order valence-electron chi connectivity index (χ1n) is 9.55. The number of amides is 1. The normalized spacial score (nSPS) is 10.6. The van der Waals surface area contributed by atoms with Crippen LogP contribution in [0, 0.1) is 0 Å². The topological polar surface area (TPSA) is 73.9 Å². The predicted octanol–water partition coefficient (Wildman–Crippen LogP) is 4.70. The van der Waals surface area contributed by atoms with Crippen LogP contribution in [-0.4, -0.2) is 32.7 Å². The van der Waals surface area contributed by atoms with Crippen LogP contribution in [0.2, 0.25) is 0 Å². The SMILES string of the molecule is CCCCCOc1ccc(/C=C/C(=O)Nc2ccc(C(=O)OC)cc2)cc1OC. The van der Waals surface area contributed by atoms with Crippen LogP contribution in [0.5, 0.6) is 11.5 Å². The molecule has 1 amide bonds. The van der Waals surface area contributed by atoms with E-state index in [4.69, 9.17) is 9.47 Å². The molecular weight excluding hydrogens is 370 g/mol. The minimum absolute atomic E-state index is 0.283. The van der Waals surface area contributed by atoms with E-state index in [9.17, 15) is 9.59 Å². The highest BCUT2D eigenvalue weighted by molar-refractivity contribution is 6.02. The Morgan fingerprint density at radius 2 is 1.76 bits per heavy atom. The Bertz CT molecular complexity index is 843. The Balaban J connectivity index is 1.95. The van der Waals surface area contributed by atoms with Gasteiger partial charge in [0.25, 0.3) is 0 Å². The smallest absolute Gasteiger partial charge is 0.337 e. The van der Waals surface area contributed by atoms with Gasteiger partial charge in [-0.1, -0.05) is 25.8 Å². The van der Waals surface area contributed by atoms with Gasteiger partial charge in [-0.25, -0.2) is 4.79 Å². The Morgan fingerprint density at radius 3 is 2.41 bits per heavy atom. The lowest BCUT2D eigenvalue weighted by Gasteiger charge is -2.11. The van der Waals surface area contributed by atoms with Gasteiger partial charge < -0.3 is 19.5 Å². The van der Waals surface area contributed by atoms with Crippen LogP contribution in [0.1, 0.15) is 42.1 Å². The number of hydrogen-bond acceptors (Lipinski definition) is 5. The maximum Gasteiger partial charge on any atom is 0.337 e. The average molecular weight is 397 g/mol. The van der Waals surface area contributed by atoms with E-state index in [2.05, 4.69) is 17.0 Å². The molecule has 6 nitrogen and oxygen atoms in total. The molecule has 0 spiro atoms. The molecule has 0 saturated carbocycles. The summed E-state index contributed by atoms with van der Waals surface area (Å²) in [6.07, 6.45) is 6.40. The van der Waals surface area contributed by atoms with Crippen LogP contribution < -0.4 is 14.8 Å². The minimum atomic E-state index is -0.422. The standard InChI is InChI=1S/C23H27NO5/c1-4-5-6-15-29-20-13-7-17(16-21(20)27-2)8-14-22(25)24-19-11-9-18(10-12-19)23(26)28-3/h7-14,16H,4-6,15H2,1-3H3,(H,24,25)/b14-8+. The van der Waals surface area contributed by atoms with E-state index >= 15 is 0 Å². The van der Waals surface area contributed by atoms with E-state index < -0.39 is 5.97 Å². The number of esters is 1. The second-order valence-corrected chi connectivity index (χ2v) is 6.36. The van der Waals surface area contributed by atoms with Crippen molar-refractivity contribution in [3.63, 3.8) is 0 Å². The molecule has 1 N–H and O–H groups in total. The van der Waals surface area contributed by atoms with E-state index in [1.165, 1.54) is 13.2 Å². The molecule has 29 heavy (non-hydrogen) atoms. The van der Waals surface area contributed by atoms with Gasteiger partial charge in [-0.3, -0.25) is 4.79 Å². The van der Waals surface area contributed by atoms with Crippen molar-refractivity contribution in [1.29, 1.82) is 0 Å². The molecule has 0 radical (unpaired) electrons. The predicted molar refractivity (Wildman–Crippen MR) is 113 cm³/mol. The van der Waals surface area contributed by atoms with Gasteiger partial charge in [0.1, 0.15) is 0 Å². The van der Waals surface area contributed by atoms with Crippen LogP contribution in [0.3, 0.4) is 0 Å². The van der Waals surface area contributed by atoms with Crippen molar-refractivity contribution in [3.8, 4) is 11.5 Å². The molecule has 2 rings (SSSR count). The van der Waals surface area contributed by atoms with Gasteiger partial charge in [-0.15, -0.1) is 0 Å². The van der Waals surface area contributed by atoms with E-state index in [1.54, 1.807) is 37.5 Å². The van der Waals surface area contributed by atoms with Crippen molar-refractivity contribution in [2.24, 2.45) is 0 Å². The maximum atomic E-state index is 12.1. The molecule has 0 aliphatic heterocycles. The third kappa shape index (κ3) is 6.99. The van der Waals surface area contributed by atoms with Crippen LogP contribution >= 0.6 is 0 Å². The van der Waals surface area contributed by atoms with Crippen LogP contribution in [-0.2, 0) is 9.53 Å². The number of hydrogen-bond donors (Lipinski definition) is 1. The number of rotatable bonds is 10. The summed E-state index contributed by atoms with van der Waals surface area (Å²) in [6.45, 7) is 2.80. The van der Waals surface area contributed by atoms with Crippen molar-refractivity contribution in [1.82, 2.24) is 0 Å². The summed E-state index contributed by atoms with van der Waals surface area (Å²) in [5.41, 5.74) is 1.82. The maximum absolute atomic E-state index is 12.1. The number of ether oxygens (including phenoxy) is 3. The molecule has 0 unspecified atom stereocenters. The van der Waals surface area contributed by atoms with Crippen LogP contribution in [0.15, 0.2) is 48.5 Å². The summed E-state index contributed by atoms with van der Waals surface area (Å²) in [5.74, 6) is 0.613. The number of benzene rings is 2. The second-order valence-electron chi connectivity index (χ2n) is 6.36. The number of anilines is 1. The summed E-state index contributed by atoms with van der Waals surface area (Å²) in [7, 11) is 2.91. The van der Waals surface area contributed by atoms with Gasteiger partial charge in [-0.2, -0.15) is 0 Å². The number of carbonyl (C=O) groups excluding carboxylic acids is 2. The highest BCUT2D eigenvalue weighted by Gasteiger charge is 2.07. The Morgan fingerprint density at radius 1 is 1.00 bits per heavy atom. The van der Waals surface area contributed by atoms with Gasteiger partial charge in [0, 0.05) is 11.8 Å². The number of carbonyl (C=O) groups is 2. The molecule has 0 aliphatic rings. The van der Waals surface area contributed by atoms with Gasteiger partial charge >= 0.3 is 5.97 Å². The zero-order chi connectivity index (χ0) is 21.1. The van der Waals surface area contributed by atoms with Crippen LogP contribution in [0.4, 0.5) is 5.69 Å². The highest BCUT2D eigenvalue weighted by atomic mass is 16.5. The summed E-state index contributed by atoms with van der Waals surface area (Å²) >= 11 is 0. The molecule has 0 saturated heterocycles. The van der Waals surface area contributed by atoms with Gasteiger partial charge in [0.05, 0.1) is 26.4 Å². The first-order chi connectivity index (χ1) is 14.1. The van der Waals surface area contributed by atoms with E-state index in [-0.39, 0.29) is 5.91 Å². The number of methoxy groups -OCH3 is 2. The Labute approximate surface area is 171 Å². The Kier molecular flexibility index (Phi) is 8.76. The molecule has 0 aliphatic carbocycles. The molecule has 6 heteroatoms. The molecule has 2 aromatic carbocycles. The zero-order valence-electron chi connectivity index (χ0n) is 17.1. The monoisotopic (exact) mass is 397 g/mol. The molecule has 2 aromatic rings. The molecule has 0 fully saturated rings. The van der Waals surface area contributed by atoms with Crippen molar-refractivity contribution in [3.05, 3.63) is 59.7 Å². The Hall–Kier alpha value is -3.28. The molecule has 0 heterocycles. The third-order valence-corrected chi connectivity index (χ3v) is 4.19. The first-order valence-corrected chi connectivity index (χ1v) is 9.55. The fraction of sp³-hybridized carbons (Fsp3) is 0.304. The van der Waals surface area contributed by atoms with E-state index in [1.807, 2.05) is 18.2 Å². The number of unbranched alkanes of at least 4 members (excludes halogenated alkanes) is 2. The molecular formula is C23H27NO5. The lowest BCUT2D eigenvalue weighted by molar-refractivity contribution is -0.111. The number of nitrogens with one attached hydrogen (secondary N) is 1. The molecule has 0 bridgehead atoms. The lowest BCUT2D eigenvalue weighted by atomic mass is 10.2. The largest absolute Gasteiger partial charge is 0.493 e. The highest BCUT2D eigenvalue weighted by Crippen LogP contribution is 2.28. The lowest BCUT2D eigenvalue weighted by Crippen LogP contribution is -2.08. The fourth-order valence-corrected chi connectivity index (χ4v) is 2.60. The minimum Gasteiger partial charge on any atom is -0.493 e. The van der Waals surface area contributed by atoms with Crippen molar-refractivity contribution < 1.29 is 23.8 Å². The van der Waals surface area contributed by atoms with Gasteiger partial charge in [0.2, 0.25) is 5.91 Å². The quantitative estimate of drug-likeness (QED) is 0.357. The first kappa shape index (κ1) is 22.0.